The predicted octanol–water partition coefficient (Wildman–Crippen LogP) is 0.738. The number of hydrogen-bond donors (Lipinski definition) is 1. The second kappa shape index (κ2) is 10.6. The van der Waals surface area contributed by atoms with E-state index in [9.17, 15) is 0 Å². The molecule has 0 aromatic heterocycles. The number of ether oxygens (including phenoxy) is 3. The summed E-state index contributed by atoms with van der Waals surface area (Å²) in [5.74, 6) is 0. The molecule has 5 heteroatoms. The van der Waals surface area contributed by atoms with Gasteiger partial charge in [-0.05, 0) is 32.9 Å². The highest BCUT2D eigenvalue weighted by Gasteiger charge is 2.16. The Morgan fingerprint density at radius 1 is 1.11 bits per heavy atom. The van der Waals surface area contributed by atoms with Gasteiger partial charge in [0.2, 0.25) is 0 Å². The van der Waals surface area contributed by atoms with E-state index >= 15 is 0 Å². The molecule has 0 aromatic carbocycles. The summed E-state index contributed by atoms with van der Waals surface area (Å²) in [4.78, 5) is 2.37. The molecule has 5 nitrogen and oxygen atoms in total. The maximum absolute atomic E-state index is 5.96. The molecule has 1 heterocycles. The summed E-state index contributed by atoms with van der Waals surface area (Å²) in [5, 5.41) is 3.35. The fraction of sp³-hybridized carbons (Fsp3) is 1.00. The van der Waals surface area contributed by atoms with Crippen LogP contribution in [0.1, 0.15) is 19.8 Å². The molecule has 19 heavy (non-hydrogen) atoms. The van der Waals surface area contributed by atoms with E-state index in [1.807, 2.05) is 0 Å². The lowest BCUT2D eigenvalue weighted by atomic mass is 10.1. The second-order valence-corrected chi connectivity index (χ2v) is 5.15. The zero-order valence-electron chi connectivity index (χ0n) is 12.7. The first-order valence-electron chi connectivity index (χ1n) is 7.32. The highest BCUT2D eigenvalue weighted by Crippen LogP contribution is 2.08. The highest BCUT2D eigenvalue weighted by molar-refractivity contribution is 4.70. The van der Waals surface area contributed by atoms with E-state index in [1.165, 1.54) is 0 Å². The molecule has 1 N–H and O–H groups in total. The molecule has 0 aromatic rings. The highest BCUT2D eigenvalue weighted by atomic mass is 16.5. The molecule has 114 valence electrons. The quantitative estimate of drug-likeness (QED) is 0.636. The molecule has 1 atom stereocenters. The molecule has 1 rings (SSSR count). The van der Waals surface area contributed by atoms with Crippen LogP contribution in [0.25, 0.3) is 0 Å². The van der Waals surface area contributed by atoms with Gasteiger partial charge in [0.25, 0.3) is 0 Å². The maximum atomic E-state index is 5.96. The van der Waals surface area contributed by atoms with Crippen molar-refractivity contribution in [2.45, 2.75) is 31.9 Å². The Morgan fingerprint density at radius 2 is 1.79 bits per heavy atom. The Kier molecular flexibility index (Phi) is 9.38. The first-order valence-corrected chi connectivity index (χ1v) is 7.32. The van der Waals surface area contributed by atoms with Crippen LogP contribution in [0.3, 0.4) is 0 Å². The van der Waals surface area contributed by atoms with Crippen molar-refractivity contribution in [3.05, 3.63) is 0 Å². The van der Waals surface area contributed by atoms with Crippen LogP contribution in [-0.2, 0) is 14.2 Å². The summed E-state index contributed by atoms with van der Waals surface area (Å²) in [6.45, 7) is 8.51. The minimum atomic E-state index is 0.400. The lowest BCUT2D eigenvalue weighted by Gasteiger charge is -2.30. The van der Waals surface area contributed by atoms with Crippen LogP contribution in [0.5, 0.6) is 0 Å². The van der Waals surface area contributed by atoms with Gasteiger partial charge < -0.3 is 19.5 Å². The summed E-state index contributed by atoms with van der Waals surface area (Å²) < 4.78 is 16.4. The normalized spacial score (nSPS) is 18.9. The van der Waals surface area contributed by atoms with Crippen molar-refractivity contribution in [2.75, 3.05) is 60.2 Å². The molecule has 0 radical (unpaired) electrons. The number of nitrogens with one attached hydrogen (secondary N) is 1. The van der Waals surface area contributed by atoms with Gasteiger partial charge in [-0.1, -0.05) is 0 Å². The van der Waals surface area contributed by atoms with E-state index in [1.54, 1.807) is 14.2 Å². The summed E-state index contributed by atoms with van der Waals surface area (Å²) in [6.07, 6.45) is 2.69. The number of rotatable bonds is 10. The molecule has 0 aliphatic carbocycles. The van der Waals surface area contributed by atoms with Crippen molar-refractivity contribution in [1.29, 1.82) is 0 Å². The van der Waals surface area contributed by atoms with Crippen LogP contribution in [0.15, 0.2) is 0 Å². The fourth-order valence-electron chi connectivity index (χ4n) is 2.41. The molecule has 1 saturated heterocycles. The fourth-order valence-corrected chi connectivity index (χ4v) is 2.41. The van der Waals surface area contributed by atoms with Gasteiger partial charge in [0.05, 0.1) is 25.9 Å². The van der Waals surface area contributed by atoms with Crippen LogP contribution < -0.4 is 5.32 Å². The Hall–Kier alpha value is -0.200. The van der Waals surface area contributed by atoms with Gasteiger partial charge in [0.15, 0.2) is 0 Å². The summed E-state index contributed by atoms with van der Waals surface area (Å²) >= 11 is 0. The van der Waals surface area contributed by atoms with Gasteiger partial charge >= 0.3 is 0 Å². The standard InChI is InChI=1S/C14H30N2O3/c1-13(12-18-3)16(8-10-17-2)9-11-19-14-4-6-15-7-5-14/h13-15H,4-12H2,1-3H3. The topological polar surface area (TPSA) is 43.0 Å². The van der Waals surface area contributed by atoms with Crippen LogP contribution >= 0.6 is 0 Å². The van der Waals surface area contributed by atoms with Crippen molar-refractivity contribution >= 4 is 0 Å². The van der Waals surface area contributed by atoms with Crippen molar-refractivity contribution < 1.29 is 14.2 Å². The smallest absolute Gasteiger partial charge is 0.0615 e. The largest absolute Gasteiger partial charge is 0.383 e. The summed E-state index contributed by atoms with van der Waals surface area (Å²) in [7, 11) is 3.49. The SMILES string of the molecule is COCCN(CCOC1CCNCC1)C(C)COC. The summed E-state index contributed by atoms with van der Waals surface area (Å²) in [5.41, 5.74) is 0. The number of piperidine rings is 1. The maximum Gasteiger partial charge on any atom is 0.0615 e. The Labute approximate surface area is 117 Å². The van der Waals surface area contributed by atoms with Gasteiger partial charge in [-0.2, -0.15) is 0 Å². The molecular formula is C14H30N2O3. The predicted molar refractivity (Wildman–Crippen MR) is 76.6 cm³/mol. The zero-order chi connectivity index (χ0) is 13.9. The molecular weight excluding hydrogens is 244 g/mol. The van der Waals surface area contributed by atoms with Crippen molar-refractivity contribution in [3.63, 3.8) is 0 Å². The molecule has 0 spiro atoms. The van der Waals surface area contributed by atoms with Crippen LogP contribution in [0.4, 0.5) is 0 Å². The average molecular weight is 274 g/mol. The third-order valence-corrected chi connectivity index (χ3v) is 3.63. The molecule has 0 amide bonds. The molecule has 1 fully saturated rings. The number of nitrogens with zero attached hydrogens (tertiary/aromatic N) is 1. The lowest BCUT2D eigenvalue weighted by molar-refractivity contribution is 0.00279. The first kappa shape index (κ1) is 16.9. The van der Waals surface area contributed by atoms with E-state index in [-0.39, 0.29) is 0 Å². The minimum absolute atomic E-state index is 0.400. The third-order valence-electron chi connectivity index (χ3n) is 3.63. The van der Waals surface area contributed by atoms with E-state index < -0.39 is 0 Å². The van der Waals surface area contributed by atoms with Crippen molar-refractivity contribution in [3.8, 4) is 0 Å². The monoisotopic (exact) mass is 274 g/mol. The van der Waals surface area contributed by atoms with E-state index in [0.29, 0.717) is 12.1 Å². The van der Waals surface area contributed by atoms with Gasteiger partial charge in [-0.15, -0.1) is 0 Å². The molecule has 1 unspecified atom stereocenters. The lowest BCUT2D eigenvalue weighted by Crippen LogP contribution is -2.41. The van der Waals surface area contributed by atoms with Gasteiger partial charge in [0.1, 0.15) is 0 Å². The minimum Gasteiger partial charge on any atom is -0.383 e. The average Bonchev–Trinajstić information content (AvgIpc) is 2.44. The van der Waals surface area contributed by atoms with Crippen LogP contribution in [0, 0.1) is 0 Å². The van der Waals surface area contributed by atoms with Gasteiger partial charge in [0, 0.05) is 33.4 Å². The Morgan fingerprint density at radius 3 is 2.42 bits per heavy atom. The van der Waals surface area contributed by atoms with Crippen LogP contribution in [-0.4, -0.2) is 77.3 Å². The molecule has 1 aliphatic rings. The van der Waals surface area contributed by atoms with Crippen molar-refractivity contribution in [2.24, 2.45) is 0 Å². The summed E-state index contributed by atoms with van der Waals surface area (Å²) in [6, 6.07) is 0.400. The van der Waals surface area contributed by atoms with E-state index in [2.05, 4.69) is 17.1 Å². The van der Waals surface area contributed by atoms with E-state index in [0.717, 1.165) is 58.8 Å². The number of hydrogen-bond acceptors (Lipinski definition) is 5. The van der Waals surface area contributed by atoms with Gasteiger partial charge in [-0.3, -0.25) is 4.90 Å². The Bertz CT molecular complexity index is 211. The second-order valence-electron chi connectivity index (χ2n) is 5.15. The molecule has 0 bridgehead atoms. The number of methoxy groups -OCH3 is 2. The van der Waals surface area contributed by atoms with Gasteiger partial charge in [-0.25, -0.2) is 0 Å². The first-order chi connectivity index (χ1) is 9.27. The third kappa shape index (κ3) is 7.22. The Balaban J connectivity index is 2.22. The van der Waals surface area contributed by atoms with Crippen molar-refractivity contribution in [1.82, 2.24) is 10.2 Å². The van der Waals surface area contributed by atoms with Crippen LogP contribution in [0.2, 0.25) is 0 Å². The molecule has 0 saturated carbocycles. The molecule has 1 aliphatic heterocycles. The zero-order valence-corrected chi connectivity index (χ0v) is 12.7. The van der Waals surface area contributed by atoms with E-state index in [4.69, 9.17) is 14.2 Å².